The molecular formula is C8H6ClN5O. The topological polar surface area (TPSA) is 73.7 Å². The van der Waals surface area contributed by atoms with Crippen LogP contribution in [-0.2, 0) is 0 Å². The third-order valence-corrected chi connectivity index (χ3v) is 1.76. The molecule has 2 aromatic heterocycles. The lowest BCUT2D eigenvalue weighted by atomic mass is 10.3. The average Bonchev–Trinajstić information content (AvgIpc) is 2.29. The third kappa shape index (κ3) is 2.16. The van der Waals surface area contributed by atoms with Crippen LogP contribution < -0.4 is 4.74 Å². The van der Waals surface area contributed by atoms with Crippen molar-refractivity contribution in [3.8, 4) is 17.4 Å². The molecule has 0 spiro atoms. The second kappa shape index (κ2) is 4.14. The summed E-state index contributed by atoms with van der Waals surface area (Å²) in [6, 6.07) is 0.161. The number of halogens is 1. The maximum absolute atomic E-state index is 5.70. The number of methoxy groups -OCH3 is 1. The van der Waals surface area contributed by atoms with Crippen LogP contribution in [0.25, 0.3) is 11.4 Å². The van der Waals surface area contributed by atoms with Gasteiger partial charge in [-0.2, -0.15) is 15.0 Å². The van der Waals surface area contributed by atoms with Crippen LogP contribution in [0.5, 0.6) is 6.01 Å². The number of hydrogen-bond acceptors (Lipinski definition) is 6. The summed E-state index contributed by atoms with van der Waals surface area (Å²) in [5, 5.41) is 0.0701. The highest BCUT2D eigenvalue weighted by Gasteiger charge is 2.07. The van der Waals surface area contributed by atoms with Gasteiger partial charge in [-0.3, -0.25) is 0 Å². The minimum absolute atomic E-state index is 0.0701. The molecule has 0 aliphatic carbocycles. The van der Waals surface area contributed by atoms with Crippen LogP contribution in [0.2, 0.25) is 5.28 Å². The Kier molecular flexibility index (Phi) is 2.68. The molecule has 2 aromatic rings. The maximum Gasteiger partial charge on any atom is 0.321 e. The Balaban J connectivity index is 2.49. The largest absolute Gasteiger partial charge is 0.467 e. The molecule has 0 radical (unpaired) electrons. The molecule has 76 valence electrons. The summed E-state index contributed by atoms with van der Waals surface area (Å²) in [5.74, 6) is 0.382. The lowest BCUT2D eigenvalue weighted by Gasteiger charge is -2.01. The molecule has 0 bridgehead atoms. The molecule has 0 aliphatic heterocycles. The van der Waals surface area contributed by atoms with Gasteiger partial charge >= 0.3 is 6.01 Å². The number of aromatic nitrogens is 5. The Hall–Kier alpha value is -1.82. The van der Waals surface area contributed by atoms with E-state index in [1.807, 2.05) is 0 Å². The first-order valence-electron chi connectivity index (χ1n) is 4.00. The van der Waals surface area contributed by atoms with Crippen molar-refractivity contribution in [2.24, 2.45) is 0 Å². The predicted octanol–water partition coefficient (Wildman–Crippen LogP) is 0.991. The smallest absolute Gasteiger partial charge is 0.321 e. The van der Waals surface area contributed by atoms with Gasteiger partial charge in [-0.25, -0.2) is 9.97 Å². The minimum atomic E-state index is 0.0701. The van der Waals surface area contributed by atoms with E-state index in [0.29, 0.717) is 11.4 Å². The molecule has 0 N–H and O–H groups in total. The summed E-state index contributed by atoms with van der Waals surface area (Å²) in [6.45, 7) is 0. The van der Waals surface area contributed by atoms with E-state index in [-0.39, 0.29) is 11.3 Å². The maximum atomic E-state index is 5.70. The fourth-order valence-electron chi connectivity index (χ4n) is 0.967. The lowest BCUT2D eigenvalue weighted by Crippen LogP contribution is -1.98. The first-order chi connectivity index (χ1) is 7.29. The van der Waals surface area contributed by atoms with Crippen molar-refractivity contribution in [3.05, 3.63) is 24.0 Å². The number of rotatable bonds is 2. The summed E-state index contributed by atoms with van der Waals surface area (Å²) in [5.41, 5.74) is 0.653. The Morgan fingerprint density at radius 1 is 1.13 bits per heavy atom. The van der Waals surface area contributed by atoms with E-state index in [1.54, 1.807) is 12.4 Å². The van der Waals surface area contributed by atoms with Crippen LogP contribution in [0.3, 0.4) is 0 Å². The average molecular weight is 224 g/mol. The molecule has 0 saturated heterocycles. The van der Waals surface area contributed by atoms with Crippen LogP contribution in [-0.4, -0.2) is 32.0 Å². The molecule has 0 aliphatic rings. The van der Waals surface area contributed by atoms with Crippen LogP contribution in [0, 0.1) is 0 Å². The summed E-state index contributed by atoms with van der Waals surface area (Å²) in [7, 11) is 1.46. The van der Waals surface area contributed by atoms with Crippen molar-refractivity contribution >= 4 is 11.6 Å². The van der Waals surface area contributed by atoms with E-state index in [0.717, 1.165) is 0 Å². The van der Waals surface area contributed by atoms with Crippen LogP contribution in [0.1, 0.15) is 0 Å². The zero-order chi connectivity index (χ0) is 10.7. The Bertz CT molecular complexity index is 464. The van der Waals surface area contributed by atoms with Gasteiger partial charge < -0.3 is 4.74 Å². The van der Waals surface area contributed by atoms with Crippen molar-refractivity contribution in [2.45, 2.75) is 0 Å². The standard InChI is InChI=1S/C8H6ClN5O/c1-15-8-13-6(12-7(9)14-8)5-2-10-4-11-3-5/h2-4H,1H3. The second-order valence-electron chi connectivity index (χ2n) is 2.54. The van der Waals surface area contributed by atoms with Gasteiger partial charge in [-0.1, -0.05) is 0 Å². The lowest BCUT2D eigenvalue weighted by molar-refractivity contribution is 0.379. The molecule has 0 saturated carbocycles. The highest BCUT2D eigenvalue weighted by Crippen LogP contribution is 2.16. The summed E-state index contributed by atoms with van der Waals surface area (Å²) < 4.78 is 4.87. The van der Waals surface area contributed by atoms with Crippen LogP contribution in [0.4, 0.5) is 0 Å². The highest BCUT2D eigenvalue weighted by atomic mass is 35.5. The molecule has 0 atom stereocenters. The Morgan fingerprint density at radius 2 is 1.87 bits per heavy atom. The molecule has 15 heavy (non-hydrogen) atoms. The molecular weight excluding hydrogens is 218 g/mol. The zero-order valence-electron chi connectivity index (χ0n) is 7.75. The molecule has 0 fully saturated rings. The third-order valence-electron chi connectivity index (χ3n) is 1.59. The van der Waals surface area contributed by atoms with E-state index in [2.05, 4.69) is 24.9 Å². The van der Waals surface area contributed by atoms with Gasteiger partial charge in [0.05, 0.1) is 12.7 Å². The monoisotopic (exact) mass is 223 g/mol. The van der Waals surface area contributed by atoms with Crippen molar-refractivity contribution in [2.75, 3.05) is 7.11 Å². The summed E-state index contributed by atoms with van der Waals surface area (Å²) in [6.07, 6.45) is 4.58. The van der Waals surface area contributed by atoms with Crippen LogP contribution >= 0.6 is 11.6 Å². The zero-order valence-corrected chi connectivity index (χ0v) is 8.51. The van der Waals surface area contributed by atoms with Crippen LogP contribution in [0.15, 0.2) is 18.7 Å². The molecule has 2 rings (SSSR count). The quantitative estimate of drug-likeness (QED) is 0.756. The Labute approximate surface area is 90.4 Å². The number of nitrogens with zero attached hydrogens (tertiary/aromatic N) is 5. The molecule has 7 heteroatoms. The van der Waals surface area contributed by atoms with Gasteiger partial charge in [0, 0.05) is 12.4 Å². The van der Waals surface area contributed by atoms with Gasteiger partial charge in [-0.15, -0.1) is 0 Å². The minimum Gasteiger partial charge on any atom is -0.467 e. The SMILES string of the molecule is COc1nc(Cl)nc(-c2cncnc2)n1. The van der Waals surface area contributed by atoms with Crippen molar-refractivity contribution in [1.82, 2.24) is 24.9 Å². The van der Waals surface area contributed by atoms with Gasteiger partial charge in [0.15, 0.2) is 5.82 Å². The van der Waals surface area contributed by atoms with Crippen molar-refractivity contribution in [1.29, 1.82) is 0 Å². The molecule has 0 amide bonds. The molecule has 2 heterocycles. The summed E-state index contributed by atoms with van der Waals surface area (Å²) in [4.78, 5) is 19.4. The molecule has 0 aromatic carbocycles. The Morgan fingerprint density at radius 3 is 2.53 bits per heavy atom. The number of ether oxygens (including phenoxy) is 1. The van der Waals surface area contributed by atoms with E-state index < -0.39 is 0 Å². The fraction of sp³-hybridized carbons (Fsp3) is 0.125. The van der Waals surface area contributed by atoms with Gasteiger partial charge in [-0.05, 0) is 11.6 Å². The van der Waals surface area contributed by atoms with Gasteiger partial charge in [0.2, 0.25) is 5.28 Å². The van der Waals surface area contributed by atoms with Crippen molar-refractivity contribution < 1.29 is 4.74 Å². The van der Waals surface area contributed by atoms with E-state index in [9.17, 15) is 0 Å². The second-order valence-corrected chi connectivity index (χ2v) is 2.88. The molecule has 0 unspecified atom stereocenters. The first kappa shape index (κ1) is 9.72. The normalized spacial score (nSPS) is 10.0. The molecule has 6 nitrogen and oxygen atoms in total. The van der Waals surface area contributed by atoms with E-state index in [4.69, 9.17) is 16.3 Å². The van der Waals surface area contributed by atoms with E-state index >= 15 is 0 Å². The van der Waals surface area contributed by atoms with Gasteiger partial charge in [0.1, 0.15) is 6.33 Å². The van der Waals surface area contributed by atoms with Gasteiger partial charge in [0.25, 0.3) is 0 Å². The first-order valence-corrected chi connectivity index (χ1v) is 4.38. The summed E-state index contributed by atoms with van der Waals surface area (Å²) >= 11 is 5.70. The highest BCUT2D eigenvalue weighted by molar-refractivity contribution is 6.28. The fourth-order valence-corrected chi connectivity index (χ4v) is 1.12. The number of hydrogen-bond donors (Lipinski definition) is 0. The predicted molar refractivity (Wildman–Crippen MR) is 52.4 cm³/mol. The van der Waals surface area contributed by atoms with Crippen molar-refractivity contribution in [3.63, 3.8) is 0 Å². The van der Waals surface area contributed by atoms with E-state index in [1.165, 1.54) is 13.4 Å².